The third-order valence-electron chi connectivity index (χ3n) is 4.64. The van der Waals surface area contributed by atoms with Gasteiger partial charge in [0.2, 0.25) is 0 Å². The van der Waals surface area contributed by atoms with Gasteiger partial charge in [0.25, 0.3) is 0 Å². The second kappa shape index (κ2) is 1.39. The summed E-state index contributed by atoms with van der Waals surface area (Å²) in [5.74, 6) is 1.83. The van der Waals surface area contributed by atoms with Crippen molar-refractivity contribution in [3.8, 4) is 0 Å². The Labute approximate surface area is 68.1 Å². The lowest BCUT2D eigenvalue weighted by atomic mass is 9.46. The highest BCUT2D eigenvalue weighted by molar-refractivity contribution is 5.20. The molecule has 1 nitrogen and oxygen atoms in total. The zero-order valence-electron chi connectivity index (χ0n) is 7.55. The van der Waals surface area contributed by atoms with Gasteiger partial charge < -0.3 is 4.74 Å². The molecule has 4 aliphatic rings. The van der Waals surface area contributed by atoms with E-state index in [9.17, 15) is 0 Å². The Morgan fingerprint density at radius 1 is 1.18 bits per heavy atom. The average Bonchev–Trinajstić information content (AvgIpc) is 2.58. The van der Waals surface area contributed by atoms with Crippen molar-refractivity contribution in [2.45, 2.75) is 45.3 Å². The molecule has 0 aromatic rings. The van der Waals surface area contributed by atoms with E-state index < -0.39 is 0 Å². The summed E-state index contributed by atoms with van der Waals surface area (Å²) in [7, 11) is 0. The molecule has 62 valence electrons. The van der Waals surface area contributed by atoms with Crippen molar-refractivity contribution in [1.29, 1.82) is 0 Å². The quantitative estimate of drug-likeness (QED) is 0.485. The highest BCUT2D eigenvalue weighted by atomic mass is 16.6. The van der Waals surface area contributed by atoms with Crippen molar-refractivity contribution in [2.24, 2.45) is 17.3 Å². The van der Waals surface area contributed by atoms with Gasteiger partial charge in [-0.15, -0.1) is 0 Å². The molecule has 0 aromatic heterocycles. The maximum Gasteiger partial charge on any atom is 0.0953 e. The van der Waals surface area contributed by atoms with Crippen LogP contribution in [0.15, 0.2) is 0 Å². The normalized spacial score (nSPS) is 63.0. The Morgan fingerprint density at radius 2 is 1.91 bits per heavy atom. The van der Waals surface area contributed by atoms with Crippen molar-refractivity contribution in [3.05, 3.63) is 0 Å². The minimum Gasteiger partial charge on any atom is -0.366 e. The minimum atomic E-state index is 0.304. The molecule has 0 radical (unpaired) electrons. The van der Waals surface area contributed by atoms with Crippen LogP contribution in [0.25, 0.3) is 0 Å². The molecular formula is C10H16O. The number of rotatable bonds is 0. The maximum absolute atomic E-state index is 5.75. The van der Waals surface area contributed by atoms with Crippen LogP contribution in [-0.4, -0.2) is 11.7 Å². The van der Waals surface area contributed by atoms with Crippen LogP contribution in [0.4, 0.5) is 0 Å². The fourth-order valence-corrected chi connectivity index (χ4v) is 3.51. The molecule has 1 aliphatic heterocycles. The summed E-state index contributed by atoms with van der Waals surface area (Å²) in [6.45, 7) is 7.13. The second-order valence-corrected chi connectivity index (χ2v) is 5.33. The molecule has 11 heavy (non-hydrogen) atoms. The van der Waals surface area contributed by atoms with Crippen molar-refractivity contribution < 1.29 is 4.74 Å². The zero-order chi connectivity index (χ0) is 7.85. The molecule has 1 saturated heterocycles. The highest BCUT2D eigenvalue weighted by Gasteiger charge is 2.72. The summed E-state index contributed by atoms with van der Waals surface area (Å²) >= 11 is 0. The van der Waals surface area contributed by atoms with Gasteiger partial charge in [-0.05, 0) is 37.0 Å². The standard InChI is InChI=1S/C10H16O/c1-9(2)6-4-7(9)10(3)8(5-6)11-10/h6-8H,4-5H2,1-3H3/t6-,7+,8+,10+/m0/s1. The van der Waals surface area contributed by atoms with Crippen LogP contribution in [0.1, 0.15) is 33.6 Å². The monoisotopic (exact) mass is 152 g/mol. The molecule has 4 fully saturated rings. The first-order valence-electron chi connectivity index (χ1n) is 4.73. The fraction of sp³-hybridized carbons (Fsp3) is 1.00. The summed E-state index contributed by atoms with van der Waals surface area (Å²) < 4.78 is 5.75. The molecule has 2 bridgehead atoms. The Kier molecular flexibility index (Phi) is 0.820. The molecule has 4 atom stereocenters. The van der Waals surface area contributed by atoms with E-state index in [4.69, 9.17) is 4.74 Å². The number of epoxide rings is 1. The van der Waals surface area contributed by atoms with Gasteiger partial charge in [0.05, 0.1) is 11.7 Å². The van der Waals surface area contributed by atoms with Crippen molar-refractivity contribution in [3.63, 3.8) is 0 Å². The van der Waals surface area contributed by atoms with Gasteiger partial charge in [-0.25, -0.2) is 0 Å². The second-order valence-electron chi connectivity index (χ2n) is 5.33. The van der Waals surface area contributed by atoms with E-state index in [0.29, 0.717) is 17.1 Å². The van der Waals surface area contributed by atoms with Gasteiger partial charge >= 0.3 is 0 Å². The number of hydrogen-bond acceptors (Lipinski definition) is 1. The Balaban J connectivity index is 1.98. The maximum atomic E-state index is 5.75. The van der Waals surface area contributed by atoms with E-state index >= 15 is 0 Å². The average molecular weight is 152 g/mol. The lowest BCUT2D eigenvalue weighted by molar-refractivity contribution is -0.0789. The molecule has 4 rings (SSSR count). The van der Waals surface area contributed by atoms with Gasteiger partial charge in [-0.3, -0.25) is 0 Å². The number of hydrogen-bond donors (Lipinski definition) is 0. The van der Waals surface area contributed by atoms with Crippen LogP contribution in [0.2, 0.25) is 0 Å². The van der Waals surface area contributed by atoms with Crippen molar-refractivity contribution >= 4 is 0 Å². The Morgan fingerprint density at radius 3 is 2.36 bits per heavy atom. The molecule has 0 aromatic carbocycles. The van der Waals surface area contributed by atoms with Gasteiger partial charge in [-0.2, -0.15) is 0 Å². The van der Waals surface area contributed by atoms with E-state index in [1.807, 2.05) is 0 Å². The minimum absolute atomic E-state index is 0.304. The number of ether oxygens (including phenoxy) is 1. The third-order valence-corrected chi connectivity index (χ3v) is 4.64. The summed E-state index contributed by atoms with van der Waals surface area (Å²) in [4.78, 5) is 0. The molecule has 1 heteroatoms. The van der Waals surface area contributed by atoms with E-state index in [1.165, 1.54) is 12.8 Å². The summed E-state index contributed by atoms with van der Waals surface area (Å²) in [6.07, 6.45) is 3.40. The van der Waals surface area contributed by atoms with Crippen LogP contribution in [0, 0.1) is 17.3 Å². The van der Waals surface area contributed by atoms with Gasteiger partial charge in [0.15, 0.2) is 0 Å². The van der Waals surface area contributed by atoms with E-state index in [-0.39, 0.29) is 0 Å². The topological polar surface area (TPSA) is 12.5 Å². The van der Waals surface area contributed by atoms with Gasteiger partial charge in [0, 0.05) is 0 Å². The molecule has 0 spiro atoms. The predicted octanol–water partition coefficient (Wildman–Crippen LogP) is 2.21. The first-order chi connectivity index (χ1) is 5.05. The van der Waals surface area contributed by atoms with Crippen molar-refractivity contribution in [1.82, 2.24) is 0 Å². The largest absolute Gasteiger partial charge is 0.366 e. The summed E-state index contributed by atoms with van der Waals surface area (Å²) in [5, 5.41) is 0. The fourth-order valence-electron chi connectivity index (χ4n) is 3.51. The smallest absolute Gasteiger partial charge is 0.0953 e. The van der Waals surface area contributed by atoms with Crippen LogP contribution in [-0.2, 0) is 4.74 Å². The van der Waals surface area contributed by atoms with Crippen molar-refractivity contribution in [2.75, 3.05) is 0 Å². The molecular weight excluding hydrogens is 136 g/mol. The first kappa shape index (κ1) is 6.47. The molecule has 1 heterocycles. The first-order valence-corrected chi connectivity index (χ1v) is 4.73. The molecule has 0 N–H and O–H groups in total. The van der Waals surface area contributed by atoms with Crippen LogP contribution in [0.5, 0.6) is 0 Å². The SMILES string of the molecule is CC1(C)[C@H]2C[C@H]1[C@@]1(C)O[C@@H]1C2. The van der Waals surface area contributed by atoms with E-state index in [2.05, 4.69) is 20.8 Å². The molecule has 3 saturated carbocycles. The van der Waals surface area contributed by atoms with E-state index in [0.717, 1.165) is 11.8 Å². The summed E-state index contributed by atoms with van der Waals surface area (Å²) in [6, 6.07) is 0. The Hall–Kier alpha value is -0.0400. The molecule has 3 aliphatic carbocycles. The van der Waals surface area contributed by atoms with Gasteiger partial charge in [-0.1, -0.05) is 13.8 Å². The predicted molar refractivity (Wildman–Crippen MR) is 43.3 cm³/mol. The lowest BCUT2D eigenvalue weighted by Crippen LogP contribution is -2.56. The van der Waals surface area contributed by atoms with Crippen LogP contribution >= 0.6 is 0 Å². The molecule has 0 unspecified atom stereocenters. The third kappa shape index (κ3) is 0.516. The summed E-state index contributed by atoms with van der Waals surface area (Å²) in [5.41, 5.74) is 0.889. The van der Waals surface area contributed by atoms with Crippen LogP contribution < -0.4 is 0 Å². The molecule has 0 amide bonds. The zero-order valence-corrected chi connectivity index (χ0v) is 7.55. The Bertz CT molecular complexity index is 216. The van der Waals surface area contributed by atoms with E-state index in [1.54, 1.807) is 0 Å². The van der Waals surface area contributed by atoms with Crippen LogP contribution in [0.3, 0.4) is 0 Å². The van der Waals surface area contributed by atoms with Gasteiger partial charge in [0.1, 0.15) is 0 Å². The lowest BCUT2D eigenvalue weighted by Gasteiger charge is -2.57. The highest BCUT2D eigenvalue weighted by Crippen LogP contribution is 2.70.